The highest BCUT2D eigenvalue weighted by Gasteiger charge is 2.06. The van der Waals surface area contributed by atoms with Gasteiger partial charge < -0.3 is 9.15 Å². The second kappa shape index (κ2) is 6.74. The van der Waals surface area contributed by atoms with E-state index in [-0.39, 0.29) is 12.5 Å². The monoisotopic (exact) mass is 286 g/mol. The molecular weight excluding hydrogens is 268 g/mol. The molecule has 0 bridgehead atoms. The average molecular weight is 286 g/mol. The molecule has 5 heteroatoms. The smallest absolute Gasteiger partial charge is 0.277 e. The number of nitrogens with one attached hydrogen (secondary N) is 1. The van der Waals surface area contributed by atoms with E-state index in [0.717, 1.165) is 11.1 Å². The van der Waals surface area contributed by atoms with E-state index in [2.05, 4.69) is 10.5 Å². The van der Waals surface area contributed by atoms with Crippen LogP contribution in [0, 0.1) is 13.8 Å². The first-order valence-corrected chi connectivity index (χ1v) is 6.64. The topological polar surface area (TPSA) is 63.8 Å². The zero-order chi connectivity index (χ0) is 15.2. The van der Waals surface area contributed by atoms with Crippen LogP contribution in [-0.4, -0.2) is 18.2 Å². The molecule has 1 aromatic carbocycles. The molecule has 2 rings (SSSR count). The van der Waals surface area contributed by atoms with Crippen molar-refractivity contribution in [1.82, 2.24) is 5.43 Å². The van der Waals surface area contributed by atoms with Crippen LogP contribution < -0.4 is 10.2 Å². The number of rotatable bonds is 5. The summed E-state index contributed by atoms with van der Waals surface area (Å²) in [5.74, 6) is 1.00. The van der Waals surface area contributed by atoms with Gasteiger partial charge in [-0.15, -0.1) is 0 Å². The number of furan rings is 1. The summed E-state index contributed by atoms with van der Waals surface area (Å²) in [4.78, 5) is 11.7. The third-order valence-corrected chi connectivity index (χ3v) is 3.14. The molecule has 0 radical (unpaired) electrons. The Bertz CT molecular complexity index is 646. The number of hydrogen-bond acceptors (Lipinski definition) is 4. The van der Waals surface area contributed by atoms with Crippen LogP contribution in [0.15, 0.2) is 46.1 Å². The number of carbonyl (C=O) groups excluding carboxylic acids is 1. The first kappa shape index (κ1) is 14.8. The van der Waals surface area contributed by atoms with Crippen LogP contribution in [0.1, 0.15) is 23.8 Å². The highest BCUT2D eigenvalue weighted by molar-refractivity contribution is 5.96. The molecule has 0 atom stereocenters. The van der Waals surface area contributed by atoms with Crippen molar-refractivity contribution in [2.45, 2.75) is 20.8 Å². The molecule has 1 heterocycles. The van der Waals surface area contributed by atoms with Gasteiger partial charge in [0.25, 0.3) is 5.91 Å². The molecule has 1 aromatic heterocycles. The second-order valence-corrected chi connectivity index (χ2v) is 4.70. The predicted octanol–water partition coefficient (Wildman–Crippen LogP) is 2.82. The maximum Gasteiger partial charge on any atom is 0.277 e. The molecule has 0 unspecified atom stereocenters. The molecule has 21 heavy (non-hydrogen) atoms. The molecule has 1 N–H and O–H groups in total. The number of ether oxygens (including phenoxy) is 1. The van der Waals surface area contributed by atoms with Crippen LogP contribution in [0.3, 0.4) is 0 Å². The van der Waals surface area contributed by atoms with Gasteiger partial charge in [0.05, 0.1) is 6.26 Å². The largest absolute Gasteiger partial charge is 0.483 e. The number of benzene rings is 1. The normalized spacial score (nSPS) is 11.3. The van der Waals surface area contributed by atoms with Gasteiger partial charge >= 0.3 is 0 Å². The molecular formula is C16H18N2O3. The third kappa shape index (κ3) is 3.95. The summed E-state index contributed by atoms with van der Waals surface area (Å²) in [6.07, 6.45) is 1.56. The minimum atomic E-state index is -0.318. The van der Waals surface area contributed by atoms with Gasteiger partial charge in [-0.3, -0.25) is 4.79 Å². The van der Waals surface area contributed by atoms with Crippen molar-refractivity contribution in [3.05, 3.63) is 53.5 Å². The summed E-state index contributed by atoms with van der Waals surface area (Å²) < 4.78 is 10.7. The molecule has 0 aliphatic heterocycles. The van der Waals surface area contributed by atoms with Crippen LogP contribution in [0.2, 0.25) is 0 Å². The van der Waals surface area contributed by atoms with Gasteiger partial charge in [-0.05, 0) is 50.1 Å². The van der Waals surface area contributed by atoms with Crippen LogP contribution >= 0.6 is 0 Å². The van der Waals surface area contributed by atoms with Crippen molar-refractivity contribution in [3.63, 3.8) is 0 Å². The van der Waals surface area contributed by atoms with Crippen LogP contribution in [-0.2, 0) is 4.79 Å². The summed E-state index contributed by atoms with van der Waals surface area (Å²) in [7, 11) is 0. The van der Waals surface area contributed by atoms with Crippen molar-refractivity contribution in [3.8, 4) is 5.75 Å². The number of hydrazone groups is 1. The molecule has 2 aromatic rings. The SMILES string of the molecule is C/C(=N\NC(=O)COc1cccc(C)c1C)c1ccco1. The van der Waals surface area contributed by atoms with Gasteiger partial charge in [0, 0.05) is 0 Å². The van der Waals surface area contributed by atoms with E-state index < -0.39 is 0 Å². The molecule has 1 amide bonds. The number of hydrogen-bond donors (Lipinski definition) is 1. The van der Waals surface area contributed by atoms with E-state index in [1.54, 1.807) is 25.3 Å². The summed E-state index contributed by atoms with van der Waals surface area (Å²) in [5.41, 5.74) is 5.19. The fourth-order valence-corrected chi connectivity index (χ4v) is 1.74. The lowest BCUT2D eigenvalue weighted by Gasteiger charge is -2.09. The van der Waals surface area contributed by atoms with E-state index in [0.29, 0.717) is 17.2 Å². The Hall–Kier alpha value is -2.56. The zero-order valence-corrected chi connectivity index (χ0v) is 12.3. The Morgan fingerprint density at radius 1 is 1.29 bits per heavy atom. The number of nitrogens with zero attached hydrogens (tertiary/aromatic N) is 1. The Balaban J connectivity index is 1.88. The average Bonchev–Trinajstić information content (AvgIpc) is 3.00. The molecule has 0 fully saturated rings. The third-order valence-electron chi connectivity index (χ3n) is 3.14. The fourth-order valence-electron chi connectivity index (χ4n) is 1.74. The van der Waals surface area contributed by atoms with Crippen molar-refractivity contribution in [1.29, 1.82) is 0 Å². The zero-order valence-electron chi connectivity index (χ0n) is 12.3. The summed E-state index contributed by atoms with van der Waals surface area (Å²) in [6.45, 7) is 5.63. The maximum absolute atomic E-state index is 11.7. The van der Waals surface area contributed by atoms with Gasteiger partial charge in [0.1, 0.15) is 17.2 Å². The van der Waals surface area contributed by atoms with Crippen LogP contribution in [0.5, 0.6) is 5.75 Å². The van der Waals surface area contributed by atoms with E-state index in [1.807, 2.05) is 32.0 Å². The van der Waals surface area contributed by atoms with Crippen molar-refractivity contribution < 1.29 is 13.9 Å². The minimum Gasteiger partial charge on any atom is -0.483 e. The van der Waals surface area contributed by atoms with E-state index in [1.165, 1.54) is 0 Å². The predicted molar refractivity (Wildman–Crippen MR) is 80.5 cm³/mol. The number of carbonyl (C=O) groups is 1. The molecule has 0 saturated carbocycles. The molecule has 0 aliphatic carbocycles. The quantitative estimate of drug-likeness (QED) is 0.679. The van der Waals surface area contributed by atoms with Gasteiger partial charge in [0.2, 0.25) is 0 Å². The molecule has 0 saturated heterocycles. The Morgan fingerprint density at radius 3 is 2.81 bits per heavy atom. The van der Waals surface area contributed by atoms with Gasteiger partial charge in [0.15, 0.2) is 6.61 Å². The lowest BCUT2D eigenvalue weighted by molar-refractivity contribution is -0.123. The number of amides is 1. The second-order valence-electron chi connectivity index (χ2n) is 4.70. The highest BCUT2D eigenvalue weighted by atomic mass is 16.5. The van der Waals surface area contributed by atoms with Crippen molar-refractivity contribution >= 4 is 11.6 Å². The molecule has 0 aliphatic rings. The van der Waals surface area contributed by atoms with Gasteiger partial charge in [-0.2, -0.15) is 5.10 Å². The van der Waals surface area contributed by atoms with Crippen LogP contribution in [0.4, 0.5) is 0 Å². The molecule has 5 nitrogen and oxygen atoms in total. The minimum absolute atomic E-state index is 0.0841. The summed E-state index contributed by atoms with van der Waals surface area (Å²) >= 11 is 0. The van der Waals surface area contributed by atoms with Crippen molar-refractivity contribution in [2.75, 3.05) is 6.61 Å². The Morgan fingerprint density at radius 2 is 2.10 bits per heavy atom. The van der Waals surface area contributed by atoms with Crippen LogP contribution in [0.25, 0.3) is 0 Å². The van der Waals surface area contributed by atoms with E-state index in [4.69, 9.17) is 9.15 Å². The summed E-state index contributed by atoms with van der Waals surface area (Å²) in [6, 6.07) is 9.28. The molecule has 110 valence electrons. The van der Waals surface area contributed by atoms with E-state index >= 15 is 0 Å². The Kier molecular flexibility index (Phi) is 4.77. The lowest BCUT2D eigenvalue weighted by Crippen LogP contribution is -2.25. The number of aryl methyl sites for hydroxylation is 1. The van der Waals surface area contributed by atoms with Gasteiger partial charge in [-0.25, -0.2) is 5.43 Å². The lowest BCUT2D eigenvalue weighted by atomic mass is 10.1. The highest BCUT2D eigenvalue weighted by Crippen LogP contribution is 2.20. The standard InChI is InChI=1S/C16H18N2O3/c1-11-6-4-7-14(12(11)2)21-10-16(19)18-17-13(3)15-8-5-9-20-15/h4-9H,10H2,1-3H3,(H,18,19)/b17-13+. The van der Waals surface area contributed by atoms with Gasteiger partial charge in [-0.1, -0.05) is 12.1 Å². The first-order chi connectivity index (χ1) is 10.1. The fraction of sp³-hybridized carbons (Fsp3) is 0.250. The first-order valence-electron chi connectivity index (χ1n) is 6.64. The summed E-state index contributed by atoms with van der Waals surface area (Å²) in [5, 5.41) is 3.96. The van der Waals surface area contributed by atoms with Crippen molar-refractivity contribution in [2.24, 2.45) is 5.10 Å². The molecule has 0 spiro atoms. The Labute approximate surface area is 123 Å². The van der Waals surface area contributed by atoms with E-state index in [9.17, 15) is 4.79 Å². The maximum atomic E-state index is 11.7.